The van der Waals surface area contributed by atoms with Crippen LogP contribution in [0.15, 0.2) is 60.0 Å². The Balaban J connectivity index is 2.23. The van der Waals surface area contributed by atoms with E-state index < -0.39 is 11.9 Å². The third-order valence-electron chi connectivity index (χ3n) is 2.83. The molecule has 1 nitrogen and oxygen atoms in total. The fourth-order valence-corrected chi connectivity index (χ4v) is 2.80. The molecule has 0 radical (unpaired) electrons. The summed E-state index contributed by atoms with van der Waals surface area (Å²) in [6.45, 7) is 3.50. The van der Waals surface area contributed by atoms with Crippen molar-refractivity contribution >= 4 is 29.4 Å². The molecule has 0 amide bonds. The molecule has 0 N–H and O–H groups in total. The van der Waals surface area contributed by atoms with Crippen LogP contribution in [-0.4, -0.2) is 4.98 Å². The van der Waals surface area contributed by atoms with Crippen LogP contribution in [0.4, 0.5) is 13.2 Å². The first-order valence-corrected chi connectivity index (χ1v) is 8.00. The molecule has 0 saturated carbocycles. The van der Waals surface area contributed by atoms with Crippen molar-refractivity contribution in [3.8, 4) is 0 Å². The van der Waals surface area contributed by atoms with Gasteiger partial charge < -0.3 is 0 Å². The molecular formula is C17H13ClF3NS. The normalized spacial score (nSPS) is 11.8. The average molecular weight is 356 g/mol. The molecule has 23 heavy (non-hydrogen) atoms. The number of nitrogens with zero attached hydrogens (tertiary/aromatic N) is 1. The molecular weight excluding hydrogens is 343 g/mol. The molecule has 0 aliphatic carbocycles. The van der Waals surface area contributed by atoms with Crippen molar-refractivity contribution in [2.45, 2.75) is 16.8 Å². The molecule has 2 rings (SSSR count). The van der Waals surface area contributed by atoms with Crippen molar-refractivity contribution < 1.29 is 13.2 Å². The van der Waals surface area contributed by atoms with E-state index in [9.17, 15) is 13.2 Å². The molecule has 0 aliphatic heterocycles. The van der Waals surface area contributed by atoms with Crippen LogP contribution < -0.4 is 0 Å². The quantitative estimate of drug-likeness (QED) is 0.464. The van der Waals surface area contributed by atoms with E-state index in [-0.39, 0.29) is 5.69 Å². The van der Waals surface area contributed by atoms with Gasteiger partial charge in [0.2, 0.25) is 0 Å². The highest BCUT2D eigenvalue weighted by atomic mass is 35.5. The van der Waals surface area contributed by atoms with Gasteiger partial charge in [-0.15, -0.1) is 11.8 Å². The van der Waals surface area contributed by atoms with E-state index in [4.69, 9.17) is 11.6 Å². The first-order valence-electron chi connectivity index (χ1n) is 6.64. The zero-order chi connectivity index (χ0) is 16.9. The average Bonchev–Trinajstić information content (AvgIpc) is 2.51. The predicted molar refractivity (Wildman–Crippen MR) is 89.5 cm³/mol. The minimum atomic E-state index is -4.48. The summed E-state index contributed by atoms with van der Waals surface area (Å²) in [5, 5.41) is 0.624. The number of hydrogen-bond acceptors (Lipinski definition) is 2. The van der Waals surface area contributed by atoms with Gasteiger partial charge in [0.1, 0.15) is 5.69 Å². The number of allylic oxidation sites excluding steroid dienone is 2. The molecule has 1 heterocycles. The van der Waals surface area contributed by atoms with E-state index >= 15 is 0 Å². The van der Waals surface area contributed by atoms with Crippen LogP contribution >= 0.6 is 23.4 Å². The molecule has 0 atom stereocenters. The van der Waals surface area contributed by atoms with Gasteiger partial charge in [-0.2, -0.15) is 13.2 Å². The van der Waals surface area contributed by atoms with E-state index in [1.165, 1.54) is 23.9 Å². The lowest BCUT2D eigenvalue weighted by molar-refractivity contribution is -0.141. The first kappa shape index (κ1) is 17.6. The van der Waals surface area contributed by atoms with Gasteiger partial charge in [-0.3, -0.25) is 0 Å². The van der Waals surface area contributed by atoms with Crippen molar-refractivity contribution in [1.29, 1.82) is 0 Å². The van der Waals surface area contributed by atoms with Crippen LogP contribution in [-0.2, 0) is 11.9 Å². The molecule has 0 bridgehead atoms. The summed E-state index contributed by atoms with van der Waals surface area (Å²) in [6.07, 6.45) is 0.0563. The topological polar surface area (TPSA) is 12.9 Å². The van der Waals surface area contributed by atoms with Gasteiger partial charge in [0, 0.05) is 15.7 Å². The van der Waals surface area contributed by atoms with Crippen molar-refractivity contribution in [3.05, 3.63) is 77.1 Å². The van der Waals surface area contributed by atoms with E-state index in [0.717, 1.165) is 11.6 Å². The van der Waals surface area contributed by atoms with Gasteiger partial charge in [-0.05, 0) is 35.9 Å². The number of halogens is 4. The number of benzene rings is 1. The van der Waals surface area contributed by atoms with Gasteiger partial charge in [-0.1, -0.05) is 42.5 Å². The Morgan fingerprint density at radius 1 is 1.17 bits per heavy atom. The number of thioether (sulfide) groups is 1. The molecule has 120 valence electrons. The molecule has 2 aromatic rings. The van der Waals surface area contributed by atoms with Crippen molar-refractivity contribution in [2.75, 3.05) is 0 Å². The standard InChI is InChI=1S/C17H13ClF3NS/c1-2-3-4-14-9-15(10-16(22-14)17(19,20)21)23-11-12-5-7-13(18)8-6-12/h2-10H,1,11H2/b4-3+. The Hall–Kier alpha value is -1.72. The SMILES string of the molecule is C=C/C=C/c1cc(SCc2ccc(Cl)cc2)cc(C(F)(F)F)n1. The number of hydrogen-bond donors (Lipinski definition) is 0. The largest absolute Gasteiger partial charge is 0.433 e. The first-order chi connectivity index (χ1) is 10.9. The molecule has 0 fully saturated rings. The van der Waals surface area contributed by atoms with Crippen molar-refractivity contribution in [2.24, 2.45) is 0 Å². The maximum absolute atomic E-state index is 12.9. The fourth-order valence-electron chi connectivity index (χ4n) is 1.75. The van der Waals surface area contributed by atoms with Gasteiger partial charge in [0.05, 0.1) is 5.69 Å². The van der Waals surface area contributed by atoms with Crippen LogP contribution in [0.1, 0.15) is 17.0 Å². The second kappa shape index (κ2) is 7.70. The van der Waals surface area contributed by atoms with Gasteiger partial charge >= 0.3 is 6.18 Å². The van der Waals surface area contributed by atoms with Gasteiger partial charge in [-0.25, -0.2) is 4.98 Å². The third kappa shape index (κ3) is 5.44. The number of pyridine rings is 1. The lowest BCUT2D eigenvalue weighted by atomic mass is 10.2. The summed E-state index contributed by atoms with van der Waals surface area (Å²) in [4.78, 5) is 4.12. The smallest absolute Gasteiger partial charge is 0.244 e. The fraction of sp³-hybridized carbons (Fsp3) is 0.118. The number of rotatable bonds is 5. The maximum Gasteiger partial charge on any atom is 0.433 e. The van der Waals surface area contributed by atoms with Crippen LogP contribution in [0.5, 0.6) is 0 Å². The van der Waals surface area contributed by atoms with E-state index in [2.05, 4.69) is 11.6 Å². The van der Waals surface area contributed by atoms with E-state index in [1.807, 2.05) is 12.1 Å². The highest BCUT2D eigenvalue weighted by Gasteiger charge is 2.33. The molecule has 6 heteroatoms. The summed E-state index contributed by atoms with van der Waals surface area (Å²) in [6, 6.07) is 9.88. The number of aromatic nitrogens is 1. The predicted octanol–water partition coefficient (Wildman–Crippen LogP) is 6.25. The van der Waals surface area contributed by atoms with Crippen LogP contribution in [0.2, 0.25) is 5.02 Å². The number of alkyl halides is 3. The summed E-state index contributed by atoms with van der Waals surface area (Å²) < 4.78 is 38.8. The molecule has 0 saturated heterocycles. The molecule has 0 spiro atoms. The Bertz CT molecular complexity index is 709. The maximum atomic E-state index is 12.9. The Kier molecular flexibility index (Phi) is 5.91. The summed E-state index contributed by atoms with van der Waals surface area (Å²) in [7, 11) is 0. The lowest BCUT2D eigenvalue weighted by Gasteiger charge is -2.10. The monoisotopic (exact) mass is 355 g/mol. The van der Waals surface area contributed by atoms with E-state index in [0.29, 0.717) is 15.7 Å². The second-order valence-corrected chi connectivity index (χ2v) is 6.11. The molecule has 1 aromatic carbocycles. The van der Waals surface area contributed by atoms with Crippen LogP contribution in [0.25, 0.3) is 6.08 Å². The highest BCUT2D eigenvalue weighted by molar-refractivity contribution is 7.98. The molecule has 1 aromatic heterocycles. The summed E-state index contributed by atoms with van der Waals surface area (Å²) in [5.41, 5.74) is 0.327. The molecule has 0 aliphatic rings. The Labute approximate surface area is 141 Å². The lowest BCUT2D eigenvalue weighted by Crippen LogP contribution is -2.08. The Morgan fingerprint density at radius 3 is 2.48 bits per heavy atom. The Morgan fingerprint density at radius 2 is 1.87 bits per heavy atom. The minimum absolute atomic E-state index is 0.248. The zero-order valence-corrected chi connectivity index (χ0v) is 13.6. The zero-order valence-electron chi connectivity index (χ0n) is 12.0. The molecule has 0 unspecified atom stereocenters. The van der Waals surface area contributed by atoms with Crippen LogP contribution in [0, 0.1) is 0 Å². The van der Waals surface area contributed by atoms with Crippen molar-refractivity contribution in [1.82, 2.24) is 4.98 Å². The second-order valence-electron chi connectivity index (χ2n) is 4.62. The van der Waals surface area contributed by atoms with Gasteiger partial charge in [0.15, 0.2) is 0 Å². The van der Waals surface area contributed by atoms with E-state index in [1.54, 1.807) is 24.3 Å². The summed E-state index contributed by atoms with van der Waals surface area (Å²) >= 11 is 7.13. The van der Waals surface area contributed by atoms with Crippen molar-refractivity contribution in [3.63, 3.8) is 0 Å². The minimum Gasteiger partial charge on any atom is -0.244 e. The third-order valence-corrected chi connectivity index (χ3v) is 4.13. The highest BCUT2D eigenvalue weighted by Crippen LogP contribution is 2.32. The van der Waals surface area contributed by atoms with Crippen LogP contribution in [0.3, 0.4) is 0 Å². The summed E-state index contributed by atoms with van der Waals surface area (Å²) in [5.74, 6) is 0.545. The van der Waals surface area contributed by atoms with Gasteiger partial charge in [0.25, 0.3) is 0 Å².